The molecule has 9 heteroatoms. The van der Waals surface area contributed by atoms with Crippen molar-refractivity contribution >= 4 is 29.2 Å². The van der Waals surface area contributed by atoms with Crippen molar-refractivity contribution in [3.8, 4) is 0 Å². The minimum atomic E-state index is -0.772. The number of nitrogens with zero attached hydrogens (tertiary/aromatic N) is 4. The summed E-state index contributed by atoms with van der Waals surface area (Å²) in [4.78, 5) is 47.2. The number of urea groups is 1. The summed E-state index contributed by atoms with van der Waals surface area (Å²) in [6.07, 6.45) is 1.96. The third kappa shape index (κ3) is 5.13. The van der Waals surface area contributed by atoms with E-state index in [1.165, 1.54) is 5.56 Å². The molecule has 3 heterocycles. The van der Waals surface area contributed by atoms with Crippen LogP contribution in [0.25, 0.3) is 0 Å². The van der Waals surface area contributed by atoms with Crippen molar-refractivity contribution in [3.63, 3.8) is 0 Å². The predicted molar refractivity (Wildman–Crippen MR) is 141 cm³/mol. The Kier molecular flexibility index (Phi) is 7.32. The summed E-state index contributed by atoms with van der Waals surface area (Å²) in [6.45, 7) is 5.59. The molecule has 0 unspecified atom stereocenters. The van der Waals surface area contributed by atoms with E-state index in [4.69, 9.17) is 4.74 Å². The highest BCUT2D eigenvalue weighted by atomic mass is 16.5. The first-order valence-corrected chi connectivity index (χ1v) is 13.1. The van der Waals surface area contributed by atoms with Crippen molar-refractivity contribution in [1.82, 2.24) is 14.7 Å². The lowest BCUT2D eigenvalue weighted by atomic mass is 9.85. The number of rotatable bonds is 5. The topological polar surface area (TPSA) is 85.4 Å². The van der Waals surface area contributed by atoms with Gasteiger partial charge in [0.1, 0.15) is 12.1 Å². The van der Waals surface area contributed by atoms with Crippen LogP contribution in [0.4, 0.5) is 16.2 Å². The maximum atomic E-state index is 13.9. The van der Waals surface area contributed by atoms with E-state index in [-0.39, 0.29) is 24.4 Å². The van der Waals surface area contributed by atoms with Crippen molar-refractivity contribution in [1.29, 1.82) is 0 Å². The largest absolute Gasteiger partial charge is 0.378 e. The second kappa shape index (κ2) is 10.8. The Labute approximate surface area is 217 Å². The van der Waals surface area contributed by atoms with Crippen LogP contribution in [0.15, 0.2) is 54.6 Å². The van der Waals surface area contributed by atoms with Gasteiger partial charge in [0.25, 0.3) is 5.91 Å². The summed E-state index contributed by atoms with van der Waals surface area (Å²) in [5, 5.41) is 2.98. The van der Waals surface area contributed by atoms with E-state index in [2.05, 4.69) is 17.1 Å². The number of hydrogen-bond acceptors (Lipinski definition) is 5. The Balaban J connectivity index is 1.29. The molecule has 37 heavy (non-hydrogen) atoms. The van der Waals surface area contributed by atoms with Gasteiger partial charge < -0.3 is 29.7 Å². The van der Waals surface area contributed by atoms with Crippen LogP contribution in [0.2, 0.25) is 0 Å². The number of likely N-dealkylation sites (tertiary alicyclic amines) is 1. The number of carbonyl (C=O) groups excluding carboxylic acids is 3. The van der Waals surface area contributed by atoms with Crippen LogP contribution >= 0.6 is 0 Å². The highest BCUT2D eigenvalue weighted by Gasteiger charge is 2.54. The molecular weight excluding hydrogens is 470 g/mol. The molecule has 9 nitrogen and oxygen atoms in total. The summed E-state index contributed by atoms with van der Waals surface area (Å²) < 4.78 is 5.36. The molecule has 2 aromatic carbocycles. The van der Waals surface area contributed by atoms with E-state index >= 15 is 0 Å². The van der Waals surface area contributed by atoms with Gasteiger partial charge in [-0.3, -0.25) is 9.59 Å². The van der Waals surface area contributed by atoms with E-state index in [1.54, 1.807) is 14.7 Å². The van der Waals surface area contributed by atoms with E-state index in [9.17, 15) is 14.4 Å². The van der Waals surface area contributed by atoms with Gasteiger partial charge in [0.2, 0.25) is 5.91 Å². The summed E-state index contributed by atoms with van der Waals surface area (Å²) in [6, 6.07) is 17.6. The number of piperidine rings is 1. The molecule has 3 aliphatic heterocycles. The third-order valence-electron chi connectivity index (χ3n) is 7.76. The molecule has 2 aromatic rings. The Hall–Kier alpha value is -3.59. The molecule has 0 atom stereocenters. The van der Waals surface area contributed by atoms with Gasteiger partial charge in [-0.1, -0.05) is 37.3 Å². The highest BCUT2D eigenvalue weighted by Crippen LogP contribution is 2.39. The molecule has 0 aromatic heterocycles. The standard InChI is InChI=1S/C28H35N5O4/c1-2-22-8-10-23(11-9-22)29-27(36)31-14-12-28(13-15-31)26(35)32(20-25(34)30-16-18-37-19-17-30)21-33(28)24-6-4-3-5-7-24/h3-11H,2,12-21H2,1H3,(H,29,36). The van der Waals surface area contributed by atoms with Gasteiger partial charge in [-0.05, 0) is 49.1 Å². The molecule has 3 aliphatic rings. The summed E-state index contributed by atoms with van der Waals surface area (Å²) in [5.41, 5.74) is 2.16. The number of hydrogen-bond donors (Lipinski definition) is 1. The minimum absolute atomic E-state index is 0.0341. The average molecular weight is 506 g/mol. The SMILES string of the molecule is CCc1ccc(NC(=O)N2CCC3(CC2)C(=O)N(CC(=O)N2CCOCC2)CN3c2ccccc2)cc1. The highest BCUT2D eigenvalue weighted by molar-refractivity contribution is 5.97. The van der Waals surface area contributed by atoms with Gasteiger partial charge in [0.15, 0.2) is 0 Å². The number of para-hydroxylation sites is 1. The first-order chi connectivity index (χ1) is 18.0. The van der Waals surface area contributed by atoms with Gasteiger partial charge in [0.05, 0.1) is 19.9 Å². The van der Waals surface area contributed by atoms with Gasteiger partial charge in [-0.25, -0.2) is 4.79 Å². The lowest BCUT2D eigenvalue weighted by molar-refractivity contribution is -0.143. The molecule has 1 spiro atoms. The number of carbonyl (C=O) groups is 3. The fraction of sp³-hybridized carbons (Fsp3) is 0.464. The Morgan fingerprint density at radius 3 is 2.24 bits per heavy atom. The monoisotopic (exact) mass is 505 g/mol. The number of benzene rings is 2. The van der Waals surface area contributed by atoms with Gasteiger partial charge in [-0.2, -0.15) is 0 Å². The van der Waals surface area contributed by atoms with E-state index in [0.29, 0.717) is 58.9 Å². The van der Waals surface area contributed by atoms with Gasteiger partial charge >= 0.3 is 6.03 Å². The average Bonchev–Trinajstić information content (AvgIpc) is 3.20. The van der Waals surface area contributed by atoms with Crippen LogP contribution < -0.4 is 10.2 Å². The fourth-order valence-electron chi connectivity index (χ4n) is 5.50. The molecule has 4 amide bonds. The van der Waals surface area contributed by atoms with Gasteiger partial charge in [-0.15, -0.1) is 0 Å². The zero-order valence-corrected chi connectivity index (χ0v) is 21.4. The lowest BCUT2D eigenvalue weighted by Crippen LogP contribution is -2.58. The van der Waals surface area contributed by atoms with Crippen molar-refractivity contribution in [2.24, 2.45) is 0 Å². The van der Waals surface area contributed by atoms with E-state index < -0.39 is 5.54 Å². The zero-order valence-electron chi connectivity index (χ0n) is 21.4. The maximum Gasteiger partial charge on any atom is 0.321 e. The lowest BCUT2D eigenvalue weighted by Gasteiger charge is -2.43. The molecular formula is C28H35N5O4. The first kappa shape index (κ1) is 25.1. The molecule has 1 N–H and O–H groups in total. The number of aryl methyl sites for hydroxylation is 1. The molecule has 0 aliphatic carbocycles. The molecule has 0 radical (unpaired) electrons. The van der Waals surface area contributed by atoms with Crippen LogP contribution in [0.1, 0.15) is 25.3 Å². The molecule has 0 bridgehead atoms. The molecule has 3 saturated heterocycles. The fourth-order valence-corrected chi connectivity index (χ4v) is 5.50. The van der Waals surface area contributed by atoms with Crippen LogP contribution in [-0.2, 0) is 20.7 Å². The van der Waals surface area contributed by atoms with Crippen molar-refractivity contribution < 1.29 is 19.1 Å². The first-order valence-electron chi connectivity index (χ1n) is 13.1. The van der Waals surface area contributed by atoms with Crippen molar-refractivity contribution in [2.45, 2.75) is 31.7 Å². The second-order valence-corrected chi connectivity index (χ2v) is 9.90. The Morgan fingerprint density at radius 2 is 1.59 bits per heavy atom. The van der Waals surface area contributed by atoms with Crippen LogP contribution in [0.5, 0.6) is 0 Å². The molecule has 5 rings (SSSR count). The number of amides is 4. The third-order valence-corrected chi connectivity index (χ3v) is 7.76. The van der Waals surface area contributed by atoms with Crippen LogP contribution in [0.3, 0.4) is 0 Å². The second-order valence-electron chi connectivity index (χ2n) is 9.90. The number of nitrogens with one attached hydrogen (secondary N) is 1. The van der Waals surface area contributed by atoms with Gasteiger partial charge in [0, 0.05) is 37.6 Å². The maximum absolute atomic E-state index is 13.9. The summed E-state index contributed by atoms with van der Waals surface area (Å²) in [7, 11) is 0. The predicted octanol–water partition coefficient (Wildman–Crippen LogP) is 2.78. The molecule has 3 fully saturated rings. The normalized spacial score (nSPS) is 19.4. The Morgan fingerprint density at radius 1 is 0.919 bits per heavy atom. The molecule has 196 valence electrons. The van der Waals surface area contributed by atoms with Crippen LogP contribution in [-0.4, -0.2) is 90.7 Å². The summed E-state index contributed by atoms with van der Waals surface area (Å²) >= 11 is 0. The minimum Gasteiger partial charge on any atom is -0.378 e. The smallest absolute Gasteiger partial charge is 0.321 e. The quantitative estimate of drug-likeness (QED) is 0.676. The van der Waals surface area contributed by atoms with Crippen LogP contribution in [0, 0.1) is 0 Å². The van der Waals surface area contributed by atoms with E-state index in [0.717, 1.165) is 17.8 Å². The van der Waals surface area contributed by atoms with E-state index in [1.807, 2.05) is 54.6 Å². The summed E-state index contributed by atoms with van der Waals surface area (Å²) in [5.74, 6) is -0.0826. The Bertz CT molecular complexity index is 1110. The number of ether oxygens (including phenoxy) is 1. The van der Waals surface area contributed by atoms with Crippen molar-refractivity contribution in [2.75, 3.05) is 62.8 Å². The number of morpholine rings is 1. The zero-order chi connectivity index (χ0) is 25.8. The molecule has 0 saturated carbocycles. The van der Waals surface area contributed by atoms with Crippen molar-refractivity contribution in [3.05, 3.63) is 60.2 Å². The number of anilines is 2.